The Balaban J connectivity index is 1.53. The molecule has 0 saturated carbocycles. The number of halogens is 1. The Morgan fingerprint density at radius 3 is 2.39 bits per heavy atom. The summed E-state index contributed by atoms with van der Waals surface area (Å²) in [5.41, 5.74) is 2.49. The predicted molar refractivity (Wildman–Crippen MR) is 117 cm³/mol. The van der Waals surface area contributed by atoms with Crippen molar-refractivity contribution >= 4 is 39.1 Å². The maximum absolute atomic E-state index is 12.3. The molecule has 1 aliphatic rings. The van der Waals surface area contributed by atoms with Crippen molar-refractivity contribution in [1.29, 1.82) is 0 Å². The minimum atomic E-state index is -0.131. The highest BCUT2D eigenvalue weighted by atomic mass is 79.9. The van der Waals surface area contributed by atoms with Gasteiger partial charge in [0.25, 0.3) is 5.91 Å². The third-order valence-corrected chi connectivity index (χ3v) is 5.45. The van der Waals surface area contributed by atoms with E-state index in [4.69, 9.17) is 0 Å². The smallest absolute Gasteiger partial charge is 0.255 e. The fourth-order valence-corrected chi connectivity index (χ4v) is 3.69. The Hall–Kier alpha value is -2.34. The molecular formula is C22H26BrN3O2. The summed E-state index contributed by atoms with van der Waals surface area (Å²) >= 11 is 3.38. The Morgan fingerprint density at radius 2 is 1.75 bits per heavy atom. The van der Waals surface area contributed by atoms with Gasteiger partial charge in [0.05, 0.1) is 0 Å². The lowest BCUT2D eigenvalue weighted by Crippen LogP contribution is -2.48. The molecule has 6 heteroatoms. The fraction of sp³-hybridized carbons (Fsp3) is 0.364. The van der Waals surface area contributed by atoms with Crippen LogP contribution in [0.2, 0.25) is 0 Å². The van der Waals surface area contributed by atoms with E-state index in [9.17, 15) is 9.59 Å². The molecule has 0 aliphatic carbocycles. The standard InChI is InChI=1S/C22H26BrN3O2/c1-2-3-7-21(27)26-14-12-25(13-15-26)20-10-8-19(9-11-20)24-22(28)17-5-4-6-18(23)16-17/h4-6,8-11,16H,2-3,7,12-15H2,1H3,(H,24,28). The minimum absolute atomic E-state index is 0.131. The highest BCUT2D eigenvalue weighted by Gasteiger charge is 2.20. The Kier molecular flexibility index (Phi) is 7.09. The summed E-state index contributed by atoms with van der Waals surface area (Å²) in [4.78, 5) is 28.8. The van der Waals surface area contributed by atoms with Crippen LogP contribution in [0.4, 0.5) is 11.4 Å². The van der Waals surface area contributed by atoms with Crippen LogP contribution in [0.3, 0.4) is 0 Å². The molecule has 2 aromatic rings. The van der Waals surface area contributed by atoms with E-state index in [1.807, 2.05) is 41.3 Å². The molecule has 28 heavy (non-hydrogen) atoms. The molecule has 1 fully saturated rings. The van der Waals surface area contributed by atoms with Gasteiger partial charge in [-0.1, -0.05) is 35.3 Å². The number of rotatable bonds is 6. The number of hydrogen-bond donors (Lipinski definition) is 1. The van der Waals surface area contributed by atoms with Crippen molar-refractivity contribution in [2.45, 2.75) is 26.2 Å². The molecule has 0 aromatic heterocycles. The minimum Gasteiger partial charge on any atom is -0.368 e. The number of nitrogens with one attached hydrogen (secondary N) is 1. The van der Waals surface area contributed by atoms with Crippen LogP contribution in [0.15, 0.2) is 53.0 Å². The normalized spacial score (nSPS) is 14.1. The number of carbonyl (C=O) groups excluding carboxylic acids is 2. The van der Waals surface area contributed by atoms with Crippen LogP contribution in [0.5, 0.6) is 0 Å². The van der Waals surface area contributed by atoms with Crippen LogP contribution in [-0.4, -0.2) is 42.9 Å². The maximum atomic E-state index is 12.3. The van der Waals surface area contributed by atoms with E-state index in [1.54, 1.807) is 12.1 Å². The van der Waals surface area contributed by atoms with Gasteiger partial charge in [0.1, 0.15) is 0 Å². The third-order valence-electron chi connectivity index (χ3n) is 4.95. The molecule has 1 aliphatic heterocycles. The first-order valence-corrected chi connectivity index (χ1v) is 10.6. The van der Waals surface area contributed by atoms with E-state index >= 15 is 0 Å². The van der Waals surface area contributed by atoms with E-state index in [0.29, 0.717) is 12.0 Å². The quantitative estimate of drug-likeness (QED) is 0.712. The van der Waals surface area contributed by atoms with Crippen LogP contribution >= 0.6 is 15.9 Å². The molecule has 5 nitrogen and oxygen atoms in total. The molecule has 1 N–H and O–H groups in total. The Bertz CT molecular complexity index is 815. The van der Waals surface area contributed by atoms with Crippen LogP contribution in [0, 0.1) is 0 Å². The van der Waals surface area contributed by atoms with Crippen molar-refractivity contribution in [3.05, 3.63) is 58.6 Å². The molecule has 0 atom stereocenters. The average molecular weight is 444 g/mol. The SMILES string of the molecule is CCCCC(=O)N1CCN(c2ccc(NC(=O)c3cccc(Br)c3)cc2)CC1. The second-order valence-corrected chi connectivity index (χ2v) is 7.90. The first-order valence-electron chi connectivity index (χ1n) is 9.76. The number of amides is 2. The van der Waals surface area contributed by atoms with Gasteiger partial charge in [-0.25, -0.2) is 0 Å². The molecule has 1 saturated heterocycles. The van der Waals surface area contributed by atoms with Gasteiger partial charge in [0.15, 0.2) is 0 Å². The van der Waals surface area contributed by atoms with E-state index in [0.717, 1.165) is 54.9 Å². The summed E-state index contributed by atoms with van der Waals surface area (Å²) in [6.45, 7) is 5.31. The molecule has 148 valence electrons. The third kappa shape index (κ3) is 5.35. The zero-order valence-electron chi connectivity index (χ0n) is 16.2. The zero-order valence-corrected chi connectivity index (χ0v) is 17.7. The summed E-state index contributed by atoms with van der Waals surface area (Å²) in [5.74, 6) is 0.139. The molecule has 0 bridgehead atoms. The molecule has 1 heterocycles. The van der Waals surface area contributed by atoms with Crippen LogP contribution < -0.4 is 10.2 Å². The van der Waals surface area contributed by atoms with Gasteiger partial charge >= 0.3 is 0 Å². The van der Waals surface area contributed by atoms with E-state index in [1.165, 1.54) is 0 Å². The highest BCUT2D eigenvalue weighted by molar-refractivity contribution is 9.10. The lowest BCUT2D eigenvalue weighted by molar-refractivity contribution is -0.131. The van der Waals surface area contributed by atoms with Gasteiger partial charge < -0.3 is 15.1 Å². The van der Waals surface area contributed by atoms with Crippen molar-refractivity contribution in [1.82, 2.24) is 4.90 Å². The Morgan fingerprint density at radius 1 is 1.04 bits per heavy atom. The van der Waals surface area contributed by atoms with Crippen LogP contribution in [-0.2, 0) is 4.79 Å². The first kappa shape index (κ1) is 20.4. The lowest BCUT2D eigenvalue weighted by Gasteiger charge is -2.36. The van der Waals surface area contributed by atoms with Crippen molar-refractivity contribution in [3.63, 3.8) is 0 Å². The summed E-state index contributed by atoms with van der Waals surface area (Å²) in [6.07, 6.45) is 2.67. The highest BCUT2D eigenvalue weighted by Crippen LogP contribution is 2.21. The zero-order chi connectivity index (χ0) is 19.9. The lowest BCUT2D eigenvalue weighted by atomic mass is 10.2. The number of hydrogen-bond acceptors (Lipinski definition) is 3. The molecule has 3 rings (SSSR count). The van der Waals surface area contributed by atoms with E-state index < -0.39 is 0 Å². The summed E-state index contributed by atoms with van der Waals surface area (Å²) < 4.78 is 0.878. The number of carbonyl (C=O) groups is 2. The molecule has 2 aromatic carbocycles. The van der Waals surface area contributed by atoms with Gasteiger partial charge in [-0.3, -0.25) is 9.59 Å². The molecule has 0 spiro atoms. The molecule has 0 radical (unpaired) electrons. The van der Waals surface area contributed by atoms with Crippen LogP contribution in [0.1, 0.15) is 36.5 Å². The molecular weight excluding hydrogens is 418 g/mol. The van der Waals surface area contributed by atoms with E-state index in [-0.39, 0.29) is 11.8 Å². The van der Waals surface area contributed by atoms with E-state index in [2.05, 4.69) is 33.1 Å². The van der Waals surface area contributed by atoms with Gasteiger partial charge in [-0.05, 0) is 48.9 Å². The monoisotopic (exact) mass is 443 g/mol. The van der Waals surface area contributed by atoms with Gasteiger partial charge in [0.2, 0.25) is 5.91 Å². The summed E-state index contributed by atoms with van der Waals surface area (Å²) in [6, 6.07) is 15.2. The fourth-order valence-electron chi connectivity index (χ4n) is 3.29. The van der Waals surface area contributed by atoms with Crippen molar-refractivity contribution in [2.75, 3.05) is 36.4 Å². The number of anilines is 2. The molecule has 0 unspecified atom stereocenters. The van der Waals surface area contributed by atoms with Crippen molar-refractivity contribution < 1.29 is 9.59 Å². The second kappa shape index (κ2) is 9.73. The maximum Gasteiger partial charge on any atom is 0.255 e. The number of unbranched alkanes of at least 4 members (excludes halogenated alkanes) is 1. The van der Waals surface area contributed by atoms with Gasteiger partial charge in [-0.15, -0.1) is 0 Å². The largest absolute Gasteiger partial charge is 0.368 e. The number of piperazine rings is 1. The van der Waals surface area contributed by atoms with Gasteiger partial charge in [0, 0.05) is 54.0 Å². The van der Waals surface area contributed by atoms with Crippen LogP contribution in [0.25, 0.3) is 0 Å². The summed E-state index contributed by atoms with van der Waals surface area (Å²) in [7, 11) is 0. The topological polar surface area (TPSA) is 52.7 Å². The number of benzene rings is 2. The molecule has 2 amide bonds. The predicted octanol–water partition coefficient (Wildman–Crippen LogP) is 4.54. The van der Waals surface area contributed by atoms with Gasteiger partial charge in [-0.2, -0.15) is 0 Å². The van der Waals surface area contributed by atoms with Crippen molar-refractivity contribution in [3.8, 4) is 0 Å². The number of nitrogens with zero attached hydrogens (tertiary/aromatic N) is 2. The average Bonchev–Trinajstić information content (AvgIpc) is 2.72. The summed E-state index contributed by atoms with van der Waals surface area (Å²) in [5, 5.41) is 2.93. The second-order valence-electron chi connectivity index (χ2n) is 6.98. The first-order chi connectivity index (χ1) is 13.6. The Labute approximate surface area is 174 Å². The van der Waals surface area contributed by atoms with Crippen molar-refractivity contribution in [2.24, 2.45) is 0 Å².